The van der Waals surface area contributed by atoms with E-state index in [1.165, 1.54) is 12.1 Å². The molecule has 1 aliphatic heterocycles. The molecule has 0 spiro atoms. The Bertz CT molecular complexity index is 1470. The van der Waals surface area contributed by atoms with Gasteiger partial charge in [-0.15, -0.1) is 0 Å². The van der Waals surface area contributed by atoms with Crippen LogP contribution in [0, 0.1) is 6.92 Å². The number of ketones is 1. The van der Waals surface area contributed by atoms with Crippen LogP contribution in [0.15, 0.2) is 61.2 Å². The molecule has 0 saturated carbocycles. The van der Waals surface area contributed by atoms with E-state index in [1.807, 2.05) is 44.6 Å². The smallest absolute Gasteiger partial charge is 0.349 e. The van der Waals surface area contributed by atoms with Gasteiger partial charge in [-0.1, -0.05) is 24.3 Å². The number of benzene rings is 2. The Kier molecular flexibility index (Phi) is 7.36. The predicted octanol–water partition coefficient (Wildman–Crippen LogP) is 5.54. The molecule has 2 aromatic carbocycles. The number of rotatable bonds is 8. The minimum atomic E-state index is -4.49. The zero-order valence-corrected chi connectivity index (χ0v) is 21.8. The molecule has 5 rings (SSSR count). The van der Waals surface area contributed by atoms with Gasteiger partial charge in [0.25, 0.3) is 0 Å². The van der Waals surface area contributed by atoms with Gasteiger partial charge in [-0.3, -0.25) is 4.79 Å². The second-order valence-corrected chi connectivity index (χ2v) is 9.90. The number of aromatic amines is 1. The third kappa shape index (κ3) is 6.10. The van der Waals surface area contributed by atoms with Crippen LogP contribution in [0.1, 0.15) is 50.6 Å². The number of carbonyl (C=O) groups is 1. The Morgan fingerprint density at radius 3 is 2.72 bits per heavy atom. The second kappa shape index (κ2) is 10.9. The molecule has 39 heavy (non-hydrogen) atoms. The number of hydrogen-bond acceptors (Lipinski definition) is 6. The molecule has 1 N–H and O–H groups in total. The highest BCUT2D eigenvalue weighted by atomic mass is 19.4. The van der Waals surface area contributed by atoms with Crippen molar-refractivity contribution >= 4 is 17.3 Å². The highest BCUT2D eigenvalue weighted by Gasteiger charge is 2.31. The molecule has 3 heterocycles. The van der Waals surface area contributed by atoms with Crippen LogP contribution < -0.4 is 9.80 Å². The lowest BCUT2D eigenvalue weighted by Gasteiger charge is -2.37. The quantitative estimate of drug-likeness (QED) is 0.299. The van der Waals surface area contributed by atoms with Crippen molar-refractivity contribution in [2.45, 2.75) is 45.3 Å². The van der Waals surface area contributed by atoms with E-state index in [9.17, 15) is 18.0 Å². The number of alkyl halides is 3. The lowest BCUT2D eigenvalue weighted by Crippen LogP contribution is -2.41. The maximum absolute atomic E-state index is 13.1. The number of nitrogens with one attached hydrogen (secondary N) is 1. The molecule has 0 atom stereocenters. The summed E-state index contributed by atoms with van der Waals surface area (Å²) in [6.45, 7) is 3.21. The van der Waals surface area contributed by atoms with Gasteiger partial charge in [-0.05, 0) is 49.1 Å². The van der Waals surface area contributed by atoms with E-state index in [1.54, 1.807) is 6.33 Å². The van der Waals surface area contributed by atoms with Crippen molar-refractivity contribution in [1.82, 2.24) is 19.9 Å². The van der Waals surface area contributed by atoms with Crippen LogP contribution in [0.4, 0.5) is 24.7 Å². The molecule has 0 saturated heterocycles. The van der Waals surface area contributed by atoms with E-state index in [-0.39, 0.29) is 17.8 Å². The number of Topliss-reactive ketones (excluding diaryl/α,β-unsaturated/α-hetero) is 1. The average molecular weight is 535 g/mol. The Hall–Kier alpha value is -4.21. The topological polar surface area (TPSA) is 78.0 Å². The Balaban J connectivity index is 1.28. The summed E-state index contributed by atoms with van der Waals surface area (Å²) in [6, 6.07) is 10.3. The van der Waals surface area contributed by atoms with Crippen LogP contribution in [-0.4, -0.2) is 39.4 Å². The van der Waals surface area contributed by atoms with Gasteiger partial charge in [0.1, 0.15) is 11.6 Å². The largest absolute Gasteiger partial charge is 0.416 e. The average Bonchev–Trinajstić information content (AvgIpc) is 3.43. The molecular weight excluding hydrogens is 505 g/mol. The molecule has 7 nitrogen and oxygen atoms in total. The van der Waals surface area contributed by atoms with Gasteiger partial charge < -0.3 is 14.8 Å². The van der Waals surface area contributed by atoms with E-state index >= 15 is 0 Å². The third-order valence-corrected chi connectivity index (χ3v) is 6.89. The number of carbonyl (C=O) groups excluding carboxylic acids is 1. The molecule has 0 fully saturated rings. The number of imidazole rings is 1. The van der Waals surface area contributed by atoms with Crippen LogP contribution in [-0.2, 0) is 32.0 Å². The summed E-state index contributed by atoms with van der Waals surface area (Å²) in [4.78, 5) is 33.7. The van der Waals surface area contributed by atoms with E-state index < -0.39 is 11.7 Å². The van der Waals surface area contributed by atoms with E-state index in [0.29, 0.717) is 13.2 Å². The number of hydrogen-bond donors (Lipinski definition) is 1. The van der Waals surface area contributed by atoms with Crippen LogP contribution in [0.5, 0.6) is 0 Å². The maximum Gasteiger partial charge on any atom is 0.416 e. The van der Waals surface area contributed by atoms with Crippen LogP contribution in [0.3, 0.4) is 0 Å². The number of H-pyrrole nitrogens is 1. The molecule has 0 bridgehead atoms. The zero-order chi connectivity index (χ0) is 27.6. The molecular formula is C29H29F3N6O. The normalized spacial score (nSPS) is 13.5. The summed E-state index contributed by atoms with van der Waals surface area (Å²) in [5.41, 5.74) is 4.08. The van der Waals surface area contributed by atoms with Crippen LogP contribution in [0.25, 0.3) is 0 Å². The number of anilines is 2. The van der Waals surface area contributed by atoms with Crippen molar-refractivity contribution in [2.75, 3.05) is 23.5 Å². The fraction of sp³-hybridized carbons (Fsp3) is 0.310. The highest BCUT2D eigenvalue weighted by Crippen LogP contribution is 2.32. The van der Waals surface area contributed by atoms with Gasteiger partial charge in [0, 0.05) is 61.3 Å². The van der Waals surface area contributed by atoms with Crippen molar-refractivity contribution in [2.24, 2.45) is 0 Å². The molecule has 0 amide bonds. The number of aromatic nitrogens is 4. The fourth-order valence-corrected chi connectivity index (χ4v) is 4.86. The number of fused-ring (bicyclic) bond motifs is 1. The van der Waals surface area contributed by atoms with Crippen LogP contribution >= 0.6 is 0 Å². The first-order chi connectivity index (χ1) is 18.7. The zero-order valence-electron chi connectivity index (χ0n) is 21.8. The standard InChI is InChI=1S/C29H29F3N6O/c1-19-9-10-20(12-26(39)21-5-3-6-23(13-21)29(30,31)32)11-25(19)38-16-22-14-34-27(36-28(22)37(2)18-38)8-4-7-24-15-33-17-35-24/h3,5-6,9-11,13-15,17H,4,7-8,12,16,18H2,1-2H3,(H,33,35). The van der Waals surface area contributed by atoms with E-state index in [2.05, 4.69) is 24.8 Å². The molecule has 4 aromatic rings. The Morgan fingerprint density at radius 1 is 1.10 bits per heavy atom. The van der Waals surface area contributed by atoms with Gasteiger partial charge in [0.2, 0.25) is 0 Å². The summed E-state index contributed by atoms with van der Waals surface area (Å²) in [6.07, 6.45) is 3.48. The summed E-state index contributed by atoms with van der Waals surface area (Å²) < 4.78 is 39.3. The van der Waals surface area contributed by atoms with Crippen molar-refractivity contribution in [1.29, 1.82) is 0 Å². The SMILES string of the molecule is Cc1ccc(CC(=O)c2cccc(C(F)(F)F)c2)cc1N1Cc2cnc(CCCc3cnc[nH]3)nc2N(C)C1. The highest BCUT2D eigenvalue weighted by molar-refractivity contribution is 5.97. The first kappa shape index (κ1) is 26.4. The Morgan fingerprint density at radius 2 is 1.95 bits per heavy atom. The van der Waals surface area contributed by atoms with Gasteiger partial charge in [-0.25, -0.2) is 15.0 Å². The van der Waals surface area contributed by atoms with Gasteiger partial charge >= 0.3 is 6.18 Å². The molecule has 0 radical (unpaired) electrons. The van der Waals surface area contributed by atoms with Gasteiger partial charge in [-0.2, -0.15) is 13.2 Å². The van der Waals surface area contributed by atoms with Crippen molar-refractivity contribution in [3.63, 3.8) is 0 Å². The molecule has 0 unspecified atom stereocenters. The molecule has 10 heteroatoms. The van der Waals surface area contributed by atoms with Gasteiger partial charge in [0.15, 0.2) is 5.78 Å². The number of aryl methyl sites for hydroxylation is 3. The first-order valence-corrected chi connectivity index (χ1v) is 12.8. The lowest BCUT2D eigenvalue weighted by molar-refractivity contribution is -0.137. The molecule has 1 aliphatic rings. The van der Waals surface area contributed by atoms with Gasteiger partial charge in [0.05, 0.1) is 18.6 Å². The Labute approximate surface area is 224 Å². The molecule has 2 aromatic heterocycles. The first-order valence-electron chi connectivity index (χ1n) is 12.8. The monoisotopic (exact) mass is 534 g/mol. The second-order valence-electron chi connectivity index (χ2n) is 9.90. The summed E-state index contributed by atoms with van der Waals surface area (Å²) in [5, 5.41) is 0. The summed E-state index contributed by atoms with van der Waals surface area (Å²) in [7, 11) is 1.99. The molecule has 0 aliphatic carbocycles. The van der Waals surface area contributed by atoms with Crippen molar-refractivity contribution in [3.8, 4) is 0 Å². The minimum absolute atomic E-state index is 0.0138. The van der Waals surface area contributed by atoms with Crippen molar-refractivity contribution in [3.05, 3.63) is 101 Å². The molecule has 202 valence electrons. The van der Waals surface area contributed by atoms with E-state index in [4.69, 9.17) is 4.98 Å². The number of nitrogens with zero attached hydrogens (tertiary/aromatic N) is 5. The summed E-state index contributed by atoms with van der Waals surface area (Å²) >= 11 is 0. The number of halogens is 3. The lowest BCUT2D eigenvalue weighted by atomic mass is 9.99. The maximum atomic E-state index is 13.1. The van der Waals surface area contributed by atoms with Crippen molar-refractivity contribution < 1.29 is 18.0 Å². The van der Waals surface area contributed by atoms with Crippen LogP contribution in [0.2, 0.25) is 0 Å². The minimum Gasteiger partial charge on any atom is -0.349 e. The third-order valence-electron chi connectivity index (χ3n) is 6.89. The fourth-order valence-electron chi connectivity index (χ4n) is 4.86. The van der Waals surface area contributed by atoms with E-state index in [0.717, 1.165) is 71.1 Å². The predicted molar refractivity (Wildman–Crippen MR) is 143 cm³/mol. The summed E-state index contributed by atoms with van der Waals surface area (Å²) in [5.74, 6) is 1.36.